The van der Waals surface area contributed by atoms with Crippen molar-refractivity contribution in [3.8, 4) is 17.1 Å². The van der Waals surface area contributed by atoms with Crippen LogP contribution in [0.1, 0.15) is 6.42 Å². The van der Waals surface area contributed by atoms with E-state index in [1.807, 2.05) is 35.9 Å². The maximum atomic E-state index is 12.1. The largest absolute Gasteiger partial charge is 0.497 e. The van der Waals surface area contributed by atoms with Gasteiger partial charge in [0.05, 0.1) is 24.4 Å². The predicted molar refractivity (Wildman–Crippen MR) is 98.9 cm³/mol. The van der Waals surface area contributed by atoms with Crippen molar-refractivity contribution in [3.63, 3.8) is 0 Å². The lowest BCUT2D eigenvalue weighted by Crippen LogP contribution is -2.36. The molecule has 1 fully saturated rings. The summed E-state index contributed by atoms with van der Waals surface area (Å²) in [5.74, 6) is 1.51. The van der Waals surface area contributed by atoms with Crippen LogP contribution in [0.15, 0.2) is 29.4 Å². The first-order chi connectivity index (χ1) is 12.4. The molecule has 1 atom stereocenters. The molecule has 26 heavy (non-hydrogen) atoms. The Morgan fingerprint density at radius 3 is 2.92 bits per heavy atom. The molecule has 140 valence electrons. The van der Waals surface area contributed by atoms with Gasteiger partial charge >= 0.3 is 0 Å². The third-order valence-electron chi connectivity index (χ3n) is 4.09. The minimum Gasteiger partial charge on any atom is -0.497 e. The number of benzene rings is 1. The van der Waals surface area contributed by atoms with Crippen LogP contribution in [0.4, 0.5) is 0 Å². The molecule has 0 radical (unpaired) electrons. The maximum absolute atomic E-state index is 12.1. The lowest BCUT2D eigenvalue weighted by molar-refractivity contribution is -0.119. The molecule has 0 bridgehead atoms. The van der Waals surface area contributed by atoms with E-state index in [1.165, 1.54) is 11.8 Å². The number of aromatic nitrogens is 3. The minimum absolute atomic E-state index is 0.0212. The fourth-order valence-electron chi connectivity index (χ4n) is 2.76. The zero-order valence-electron chi connectivity index (χ0n) is 14.5. The van der Waals surface area contributed by atoms with Crippen LogP contribution in [0.3, 0.4) is 0 Å². The fourth-order valence-corrected chi connectivity index (χ4v) is 5.16. The van der Waals surface area contributed by atoms with E-state index in [0.29, 0.717) is 17.4 Å². The van der Waals surface area contributed by atoms with E-state index >= 15 is 0 Å². The van der Waals surface area contributed by atoms with Gasteiger partial charge in [0.25, 0.3) is 0 Å². The van der Waals surface area contributed by atoms with Gasteiger partial charge in [0.2, 0.25) is 5.91 Å². The summed E-state index contributed by atoms with van der Waals surface area (Å²) >= 11 is 1.26. The smallest absolute Gasteiger partial charge is 0.230 e. The van der Waals surface area contributed by atoms with Crippen LogP contribution < -0.4 is 10.1 Å². The van der Waals surface area contributed by atoms with E-state index in [0.717, 1.165) is 11.3 Å². The number of ether oxygens (including phenoxy) is 1. The first-order valence-electron chi connectivity index (χ1n) is 8.04. The lowest BCUT2D eigenvalue weighted by atomic mass is 10.2. The monoisotopic (exact) mass is 396 g/mol. The van der Waals surface area contributed by atoms with Crippen LogP contribution in [-0.4, -0.2) is 59.5 Å². The molecule has 1 aromatic carbocycles. The molecular formula is C16H20N4O4S2. The van der Waals surface area contributed by atoms with Crippen molar-refractivity contribution in [2.24, 2.45) is 7.05 Å². The number of carbonyl (C=O) groups is 1. The van der Waals surface area contributed by atoms with Crippen molar-refractivity contribution in [1.82, 2.24) is 20.1 Å². The Labute approximate surface area is 156 Å². The Hall–Kier alpha value is -2.07. The molecule has 0 unspecified atom stereocenters. The van der Waals surface area contributed by atoms with Crippen molar-refractivity contribution in [2.45, 2.75) is 17.6 Å². The van der Waals surface area contributed by atoms with Gasteiger partial charge in [-0.05, 0) is 18.6 Å². The van der Waals surface area contributed by atoms with E-state index in [9.17, 15) is 13.2 Å². The van der Waals surface area contributed by atoms with E-state index < -0.39 is 9.84 Å². The zero-order valence-corrected chi connectivity index (χ0v) is 16.1. The quantitative estimate of drug-likeness (QED) is 0.723. The van der Waals surface area contributed by atoms with Gasteiger partial charge in [0, 0.05) is 18.7 Å². The average molecular weight is 396 g/mol. The molecule has 0 saturated carbocycles. The minimum atomic E-state index is -3.01. The maximum Gasteiger partial charge on any atom is 0.230 e. The molecule has 1 saturated heterocycles. The van der Waals surface area contributed by atoms with Crippen molar-refractivity contribution in [1.29, 1.82) is 0 Å². The Morgan fingerprint density at radius 1 is 1.42 bits per heavy atom. The highest BCUT2D eigenvalue weighted by Crippen LogP contribution is 2.25. The number of nitrogens with zero attached hydrogens (tertiary/aromatic N) is 3. The van der Waals surface area contributed by atoms with Gasteiger partial charge in [0.15, 0.2) is 20.8 Å². The molecular weight excluding hydrogens is 376 g/mol. The summed E-state index contributed by atoms with van der Waals surface area (Å²) in [6.45, 7) is 0. The molecule has 0 aliphatic carbocycles. The third kappa shape index (κ3) is 4.36. The Morgan fingerprint density at radius 2 is 2.23 bits per heavy atom. The molecule has 2 aromatic rings. The molecule has 10 heteroatoms. The molecule has 1 aliphatic heterocycles. The third-order valence-corrected chi connectivity index (χ3v) is 6.88. The molecule has 0 spiro atoms. The van der Waals surface area contributed by atoms with Crippen LogP contribution in [0.5, 0.6) is 5.75 Å². The molecule has 3 rings (SSSR count). The van der Waals surface area contributed by atoms with Crippen molar-refractivity contribution >= 4 is 27.5 Å². The van der Waals surface area contributed by atoms with Gasteiger partial charge in [-0.3, -0.25) is 4.79 Å². The van der Waals surface area contributed by atoms with Gasteiger partial charge in [-0.1, -0.05) is 23.9 Å². The molecule has 2 heterocycles. The Bertz CT molecular complexity index is 911. The zero-order chi connectivity index (χ0) is 18.7. The second-order valence-electron chi connectivity index (χ2n) is 6.05. The van der Waals surface area contributed by atoms with Crippen LogP contribution in [0, 0.1) is 0 Å². The number of thioether (sulfide) groups is 1. The molecule has 1 aliphatic rings. The molecule has 1 N–H and O–H groups in total. The first kappa shape index (κ1) is 18.7. The summed E-state index contributed by atoms with van der Waals surface area (Å²) in [5, 5.41) is 11.7. The Balaban J connectivity index is 1.61. The first-order valence-corrected chi connectivity index (χ1v) is 10.8. The number of carbonyl (C=O) groups excluding carboxylic acids is 1. The van der Waals surface area contributed by atoms with Gasteiger partial charge in [-0.2, -0.15) is 0 Å². The van der Waals surface area contributed by atoms with E-state index in [2.05, 4.69) is 15.5 Å². The highest BCUT2D eigenvalue weighted by atomic mass is 32.2. The number of sulfone groups is 1. The standard InChI is InChI=1S/C16H20N4O4S2/c1-20-15(11-4-3-5-13(8-11)24-2)18-19-16(20)25-9-14(21)17-12-6-7-26(22,23)10-12/h3-5,8,12H,6-7,9-10H2,1-2H3,(H,17,21)/t12-/m0/s1. The number of methoxy groups -OCH3 is 1. The number of hydrogen-bond donors (Lipinski definition) is 1. The highest BCUT2D eigenvalue weighted by Gasteiger charge is 2.28. The number of amides is 1. The highest BCUT2D eigenvalue weighted by molar-refractivity contribution is 7.99. The molecule has 1 amide bonds. The van der Waals surface area contributed by atoms with Crippen LogP contribution in [0.2, 0.25) is 0 Å². The summed E-state index contributed by atoms with van der Waals surface area (Å²) in [7, 11) is 0.428. The van der Waals surface area contributed by atoms with E-state index in [-0.39, 0.29) is 29.2 Å². The van der Waals surface area contributed by atoms with Gasteiger partial charge in [-0.15, -0.1) is 10.2 Å². The summed E-state index contributed by atoms with van der Waals surface area (Å²) in [4.78, 5) is 12.1. The Kier molecular flexibility index (Phi) is 5.52. The molecule has 8 nitrogen and oxygen atoms in total. The predicted octanol–water partition coefficient (Wildman–Crippen LogP) is 0.886. The normalized spacial score (nSPS) is 18.6. The van der Waals surface area contributed by atoms with Gasteiger partial charge in [-0.25, -0.2) is 8.42 Å². The van der Waals surface area contributed by atoms with E-state index in [1.54, 1.807) is 7.11 Å². The summed E-state index contributed by atoms with van der Waals surface area (Å²) in [6.07, 6.45) is 0.475. The van der Waals surface area contributed by atoms with E-state index in [4.69, 9.17) is 4.74 Å². The summed E-state index contributed by atoms with van der Waals surface area (Å²) < 4.78 is 29.9. The fraction of sp³-hybridized carbons (Fsp3) is 0.438. The van der Waals surface area contributed by atoms with Crippen molar-refractivity contribution < 1.29 is 17.9 Å². The van der Waals surface area contributed by atoms with Crippen molar-refractivity contribution in [3.05, 3.63) is 24.3 Å². The van der Waals surface area contributed by atoms with Crippen molar-refractivity contribution in [2.75, 3.05) is 24.4 Å². The number of rotatable bonds is 6. The second kappa shape index (κ2) is 7.67. The van der Waals surface area contributed by atoms with Crippen LogP contribution in [0.25, 0.3) is 11.4 Å². The van der Waals surface area contributed by atoms with Gasteiger partial charge < -0.3 is 14.6 Å². The SMILES string of the molecule is COc1cccc(-c2nnc(SCC(=O)N[C@H]3CCS(=O)(=O)C3)n2C)c1. The number of hydrogen-bond acceptors (Lipinski definition) is 7. The van der Waals surface area contributed by atoms with Crippen LogP contribution >= 0.6 is 11.8 Å². The summed E-state index contributed by atoms with van der Waals surface area (Å²) in [6, 6.07) is 7.21. The average Bonchev–Trinajstić information content (AvgIpc) is 3.15. The lowest BCUT2D eigenvalue weighted by Gasteiger charge is -2.10. The summed E-state index contributed by atoms with van der Waals surface area (Å²) in [5.41, 5.74) is 0.867. The second-order valence-corrected chi connectivity index (χ2v) is 9.22. The van der Waals surface area contributed by atoms with Gasteiger partial charge in [0.1, 0.15) is 5.75 Å². The topological polar surface area (TPSA) is 103 Å². The molecule has 1 aromatic heterocycles. The van der Waals surface area contributed by atoms with Crippen LogP contribution in [-0.2, 0) is 21.7 Å². The number of nitrogens with one attached hydrogen (secondary N) is 1.